The van der Waals surface area contributed by atoms with Gasteiger partial charge in [0.1, 0.15) is 0 Å². The molecule has 32 heavy (non-hydrogen) atoms. The first-order valence-corrected chi connectivity index (χ1v) is 9.63. The van der Waals surface area contributed by atoms with E-state index in [1.165, 1.54) is 18.2 Å². The van der Waals surface area contributed by atoms with Crippen LogP contribution in [0.25, 0.3) is 5.65 Å². The Morgan fingerprint density at radius 3 is 2.62 bits per heavy atom. The minimum absolute atomic E-state index is 0.122. The summed E-state index contributed by atoms with van der Waals surface area (Å²) in [4.78, 5) is 20.3. The number of anilines is 5. The van der Waals surface area contributed by atoms with E-state index >= 15 is 0 Å². The van der Waals surface area contributed by atoms with Crippen LogP contribution in [-0.4, -0.2) is 31.6 Å². The molecule has 5 rings (SSSR count). The number of hydrogen-bond donors (Lipinski definition) is 3. The fraction of sp³-hybridized carbons (Fsp3) is 0.143. The molecule has 9 nitrogen and oxygen atoms in total. The van der Waals surface area contributed by atoms with Crippen molar-refractivity contribution in [2.24, 2.45) is 0 Å². The van der Waals surface area contributed by atoms with E-state index in [2.05, 4.69) is 41.8 Å². The molecular formula is C21H17F2N7O2. The number of hydrogen-bond acceptors (Lipinski definition) is 7. The van der Waals surface area contributed by atoms with E-state index in [9.17, 15) is 13.6 Å². The van der Waals surface area contributed by atoms with Gasteiger partial charge in [-0.15, -0.1) is 5.10 Å². The molecule has 0 bridgehead atoms. The Bertz CT molecular complexity index is 1350. The van der Waals surface area contributed by atoms with Gasteiger partial charge in [0.2, 0.25) is 11.6 Å². The van der Waals surface area contributed by atoms with E-state index in [1.54, 1.807) is 16.9 Å². The van der Waals surface area contributed by atoms with Crippen molar-refractivity contribution in [1.82, 2.24) is 19.6 Å². The van der Waals surface area contributed by atoms with Crippen LogP contribution < -0.4 is 20.7 Å². The zero-order valence-electron chi connectivity index (χ0n) is 17.0. The monoisotopic (exact) mass is 437 g/mol. The molecule has 0 atom stereocenters. The second kappa shape index (κ2) is 7.15. The molecule has 2 aromatic carbocycles. The molecule has 11 heteroatoms. The fourth-order valence-electron chi connectivity index (χ4n) is 3.45. The van der Waals surface area contributed by atoms with Crippen LogP contribution in [0.5, 0.6) is 5.75 Å². The number of halogens is 2. The lowest BCUT2D eigenvalue weighted by Gasteiger charge is -2.25. The Kier molecular flexibility index (Phi) is 4.40. The van der Waals surface area contributed by atoms with Crippen LogP contribution in [0.4, 0.5) is 37.6 Å². The largest absolute Gasteiger partial charge is 0.482 e. The lowest BCUT2D eigenvalue weighted by molar-refractivity contribution is -0.189. The van der Waals surface area contributed by atoms with Gasteiger partial charge in [0.15, 0.2) is 11.6 Å². The number of alkyl halides is 2. The third kappa shape index (κ3) is 3.64. The number of aromatic nitrogens is 4. The molecule has 0 saturated carbocycles. The molecule has 1 aliphatic rings. The number of carbonyl (C=O) groups excluding carboxylic acids is 1. The quantitative estimate of drug-likeness (QED) is 0.440. The lowest BCUT2D eigenvalue weighted by Crippen LogP contribution is -2.43. The Hall–Kier alpha value is -4.28. The van der Waals surface area contributed by atoms with Crippen LogP contribution >= 0.6 is 0 Å². The summed E-state index contributed by atoms with van der Waals surface area (Å²) >= 11 is 0. The molecule has 1 aliphatic heterocycles. The van der Waals surface area contributed by atoms with Gasteiger partial charge in [-0.05, 0) is 55.3 Å². The first kappa shape index (κ1) is 19.7. The van der Waals surface area contributed by atoms with Crippen molar-refractivity contribution in [3.63, 3.8) is 0 Å². The van der Waals surface area contributed by atoms with Gasteiger partial charge in [-0.25, -0.2) is 9.50 Å². The summed E-state index contributed by atoms with van der Waals surface area (Å²) in [6.07, 6.45) is -0.701. The van der Waals surface area contributed by atoms with Crippen molar-refractivity contribution in [2.45, 2.75) is 20.0 Å². The molecule has 0 saturated heterocycles. The molecule has 0 fully saturated rings. The van der Waals surface area contributed by atoms with Gasteiger partial charge >= 0.3 is 12.0 Å². The first-order chi connectivity index (χ1) is 15.3. The molecule has 0 spiro atoms. The number of nitrogens with one attached hydrogen (secondary N) is 3. The van der Waals surface area contributed by atoms with Crippen LogP contribution in [0, 0.1) is 13.8 Å². The van der Waals surface area contributed by atoms with Crippen LogP contribution in [0.2, 0.25) is 0 Å². The third-order valence-electron chi connectivity index (χ3n) is 4.73. The average molecular weight is 437 g/mol. The number of fused-ring (bicyclic) bond motifs is 2. The summed E-state index contributed by atoms with van der Waals surface area (Å²) in [7, 11) is 0. The Balaban J connectivity index is 1.43. The Morgan fingerprint density at radius 2 is 1.84 bits per heavy atom. The van der Waals surface area contributed by atoms with E-state index in [0.29, 0.717) is 23.1 Å². The summed E-state index contributed by atoms with van der Waals surface area (Å²) in [5, 5.41) is 12.8. The van der Waals surface area contributed by atoms with Gasteiger partial charge in [0.05, 0.1) is 5.69 Å². The van der Waals surface area contributed by atoms with E-state index in [-0.39, 0.29) is 11.4 Å². The number of rotatable bonds is 4. The predicted octanol–water partition coefficient (Wildman–Crippen LogP) is 4.15. The zero-order chi connectivity index (χ0) is 22.5. The van der Waals surface area contributed by atoms with Gasteiger partial charge in [0, 0.05) is 23.8 Å². The molecule has 3 N–H and O–H groups in total. The molecule has 2 aromatic heterocycles. The number of ether oxygens (including phenoxy) is 1. The first-order valence-electron chi connectivity index (χ1n) is 9.63. The molecule has 162 valence electrons. The average Bonchev–Trinajstić information content (AvgIpc) is 3.11. The highest BCUT2D eigenvalue weighted by Crippen LogP contribution is 2.37. The summed E-state index contributed by atoms with van der Waals surface area (Å²) in [6.45, 7) is 4.02. The minimum atomic E-state index is -3.91. The molecule has 1 amide bonds. The van der Waals surface area contributed by atoms with Crippen molar-refractivity contribution in [2.75, 3.05) is 16.0 Å². The highest BCUT2D eigenvalue weighted by atomic mass is 19.3. The van der Waals surface area contributed by atoms with Crippen LogP contribution in [0.1, 0.15) is 11.1 Å². The van der Waals surface area contributed by atoms with E-state index in [0.717, 1.165) is 16.8 Å². The van der Waals surface area contributed by atoms with Crippen molar-refractivity contribution in [1.29, 1.82) is 0 Å². The van der Waals surface area contributed by atoms with Crippen molar-refractivity contribution in [3.05, 3.63) is 59.9 Å². The standard InChI is InChI=1S/C21H17F2N7O2/c1-11-7-12(2)9-14(8-11)26-20-28-18-17(24-5-6-30(18)29-20)25-13-3-4-16-15(10-13)27-19(31)21(22,23)32-16/h3-10H,1-2H3,(H,24,25)(H,26,29)(H,27,31). The summed E-state index contributed by atoms with van der Waals surface area (Å²) in [6, 6.07) is 10.4. The fourth-order valence-corrected chi connectivity index (χ4v) is 3.45. The van der Waals surface area contributed by atoms with Gasteiger partial charge < -0.3 is 20.7 Å². The predicted molar refractivity (Wildman–Crippen MR) is 114 cm³/mol. The highest BCUT2D eigenvalue weighted by Gasteiger charge is 2.46. The number of nitrogens with zero attached hydrogens (tertiary/aromatic N) is 4. The maximum absolute atomic E-state index is 13.4. The molecule has 0 unspecified atom stereocenters. The van der Waals surface area contributed by atoms with E-state index in [1.807, 2.05) is 26.0 Å². The second-order valence-corrected chi connectivity index (χ2v) is 7.39. The highest BCUT2D eigenvalue weighted by molar-refractivity contribution is 5.99. The van der Waals surface area contributed by atoms with Crippen molar-refractivity contribution >= 4 is 40.4 Å². The molecule has 4 aromatic rings. The maximum Gasteiger partial charge on any atom is 0.482 e. The van der Waals surface area contributed by atoms with Gasteiger partial charge in [-0.1, -0.05) is 6.07 Å². The minimum Gasteiger partial charge on any atom is -0.423 e. The topological polar surface area (TPSA) is 105 Å². The number of amides is 1. The van der Waals surface area contributed by atoms with Gasteiger partial charge in [0.25, 0.3) is 0 Å². The van der Waals surface area contributed by atoms with E-state index < -0.39 is 12.0 Å². The molecular weight excluding hydrogens is 420 g/mol. The van der Waals surface area contributed by atoms with Gasteiger partial charge in [-0.3, -0.25) is 4.79 Å². The number of carbonyl (C=O) groups is 1. The van der Waals surface area contributed by atoms with Crippen molar-refractivity contribution in [3.8, 4) is 5.75 Å². The number of aryl methyl sites for hydroxylation is 2. The normalized spacial score (nSPS) is 14.4. The Labute approximate surface area is 180 Å². The smallest absolute Gasteiger partial charge is 0.423 e. The maximum atomic E-state index is 13.4. The van der Waals surface area contributed by atoms with Crippen LogP contribution in [0.3, 0.4) is 0 Å². The molecule has 0 radical (unpaired) electrons. The van der Waals surface area contributed by atoms with E-state index in [4.69, 9.17) is 0 Å². The molecule has 0 aliphatic carbocycles. The number of benzene rings is 2. The van der Waals surface area contributed by atoms with Crippen molar-refractivity contribution < 1.29 is 18.3 Å². The summed E-state index contributed by atoms with van der Waals surface area (Å²) in [5.74, 6) is -0.878. The van der Waals surface area contributed by atoms with Gasteiger partial charge in [-0.2, -0.15) is 13.8 Å². The Morgan fingerprint density at radius 1 is 1.06 bits per heavy atom. The molecule has 3 heterocycles. The third-order valence-corrected chi connectivity index (χ3v) is 4.73. The summed E-state index contributed by atoms with van der Waals surface area (Å²) in [5.41, 5.74) is 4.15. The van der Waals surface area contributed by atoms with Crippen LogP contribution in [0.15, 0.2) is 48.8 Å². The van der Waals surface area contributed by atoms with Crippen LogP contribution in [-0.2, 0) is 4.79 Å². The SMILES string of the molecule is Cc1cc(C)cc(Nc2nc3c(Nc4ccc5c(c4)NC(=O)C(F)(F)O5)nccn3n2)c1. The summed E-state index contributed by atoms with van der Waals surface area (Å²) < 4.78 is 32.9. The lowest BCUT2D eigenvalue weighted by atomic mass is 10.1. The zero-order valence-corrected chi connectivity index (χ0v) is 17.0. The second-order valence-electron chi connectivity index (χ2n) is 7.39.